The minimum Gasteiger partial charge on any atom is -0.325 e. The summed E-state index contributed by atoms with van der Waals surface area (Å²) in [6, 6.07) is 8.33. The number of nitrogens with zero attached hydrogens (tertiary/aromatic N) is 2. The fourth-order valence-corrected chi connectivity index (χ4v) is 2.00. The Bertz CT molecular complexity index is 491. The summed E-state index contributed by atoms with van der Waals surface area (Å²) < 4.78 is 2.04. The monoisotopic (exact) mass is 217 g/mol. The van der Waals surface area contributed by atoms with Gasteiger partial charge in [-0.2, -0.15) is 5.10 Å². The van der Waals surface area contributed by atoms with Crippen molar-refractivity contribution in [1.29, 1.82) is 0 Å². The van der Waals surface area contributed by atoms with Gasteiger partial charge in [-0.05, 0) is 26.8 Å². The Kier molecular flexibility index (Phi) is 2.72. The van der Waals surface area contributed by atoms with Crippen molar-refractivity contribution in [2.45, 2.75) is 39.3 Å². The highest BCUT2D eigenvalue weighted by molar-refractivity contribution is 5.82. The number of fused-ring (bicyclic) bond motifs is 1. The molecule has 1 heterocycles. The summed E-state index contributed by atoms with van der Waals surface area (Å²) in [5, 5.41) is 5.85. The molecule has 2 rings (SSSR count). The lowest BCUT2D eigenvalue weighted by molar-refractivity contribution is 0.505. The standard InChI is InChI=1S/C13H19N3/c1-4-16-12-8-6-5-7-10(12)11(15-16)9-13(2,3)14/h5-8H,4,9,14H2,1-3H3. The third kappa shape index (κ3) is 2.09. The quantitative estimate of drug-likeness (QED) is 0.857. The first-order valence-electron chi connectivity index (χ1n) is 5.74. The predicted molar refractivity (Wildman–Crippen MR) is 67.4 cm³/mol. The van der Waals surface area contributed by atoms with Gasteiger partial charge in [0.25, 0.3) is 0 Å². The van der Waals surface area contributed by atoms with Crippen molar-refractivity contribution in [1.82, 2.24) is 9.78 Å². The zero-order chi connectivity index (χ0) is 11.8. The van der Waals surface area contributed by atoms with E-state index in [1.807, 2.05) is 24.6 Å². The number of aromatic nitrogens is 2. The zero-order valence-electron chi connectivity index (χ0n) is 10.2. The van der Waals surface area contributed by atoms with Crippen molar-refractivity contribution in [2.24, 2.45) is 5.73 Å². The molecule has 0 saturated carbocycles. The first-order chi connectivity index (χ1) is 7.51. The fraction of sp³-hybridized carbons (Fsp3) is 0.462. The van der Waals surface area contributed by atoms with E-state index in [-0.39, 0.29) is 5.54 Å². The minimum absolute atomic E-state index is 0.213. The Balaban J connectivity index is 2.53. The van der Waals surface area contributed by atoms with Gasteiger partial charge in [0.05, 0.1) is 11.2 Å². The summed E-state index contributed by atoms with van der Waals surface area (Å²) >= 11 is 0. The molecular formula is C13H19N3. The van der Waals surface area contributed by atoms with Crippen LogP contribution in [0, 0.1) is 0 Å². The van der Waals surface area contributed by atoms with Crippen LogP contribution in [0.25, 0.3) is 10.9 Å². The molecule has 16 heavy (non-hydrogen) atoms. The van der Waals surface area contributed by atoms with Gasteiger partial charge in [-0.25, -0.2) is 0 Å². The van der Waals surface area contributed by atoms with E-state index >= 15 is 0 Å². The molecule has 2 aromatic rings. The molecule has 0 atom stereocenters. The van der Waals surface area contributed by atoms with Crippen LogP contribution in [-0.2, 0) is 13.0 Å². The van der Waals surface area contributed by atoms with Crippen molar-refractivity contribution in [2.75, 3.05) is 0 Å². The lowest BCUT2D eigenvalue weighted by Gasteiger charge is -2.16. The van der Waals surface area contributed by atoms with E-state index in [0.717, 1.165) is 18.7 Å². The molecule has 0 radical (unpaired) electrons. The van der Waals surface area contributed by atoms with Crippen LogP contribution in [0.1, 0.15) is 26.5 Å². The second kappa shape index (κ2) is 3.91. The average molecular weight is 217 g/mol. The van der Waals surface area contributed by atoms with Gasteiger partial charge in [0.15, 0.2) is 0 Å². The second-order valence-corrected chi connectivity index (χ2v) is 4.94. The Hall–Kier alpha value is -1.35. The lowest BCUT2D eigenvalue weighted by atomic mass is 9.98. The Morgan fingerprint density at radius 1 is 1.31 bits per heavy atom. The molecule has 0 fully saturated rings. The van der Waals surface area contributed by atoms with Crippen LogP contribution in [0.2, 0.25) is 0 Å². The van der Waals surface area contributed by atoms with Crippen LogP contribution in [0.15, 0.2) is 24.3 Å². The number of rotatable bonds is 3. The molecule has 0 amide bonds. The van der Waals surface area contributed by atoms with Crippen LogP contribution in [-0.4, -0.2) is 15.3 Å². The Labute approximate surface area is 96.2 Å². The van der Waals surface area contributed by atoms with E-state index in [0.29, 0.717) is 0 Å². The van der Waals surface area contributed by atoms with Gasteiger partial charge in [0.2, 0.25) is 0 Å². The Morgan fingerprint density at radius 2 is 2.00 bits per heavy atom. The van der Waals surface area contributed by atoms with E-state index in [4.69, 9.17) is 5.73 Å². The molecule has 0 aliphatic rings. The van der Waals surface area contributed by atoms with Gasteiger partial charge >= 0.3 is 0 Å². The van der Waals surface area contributed by atoms with Crippen molar-refractivity contribution in [3.8, 4) is 0 Å². The van der Waals surface area contributed by atoms with E-state index in [2.05, 4.69) is 30.2 Å². The van der Waals surface area contributed by atoms with Crippen LogP contribution < -0.4 is 5.73 Å². The molecule has 2 N–H and O–H groups in total. The molecule has 3 heteroatoms. The van der Waals surface area contributed by atoms with Gasteiger partial charge in [0, 0.05) is 23.9 Å². The van der Waals surface area contributed by atoms with Crippen LogP contribution in [0.5, 0.6) is 0 Å². The molecule has 0 bridgehead atoms. The van der Waals surface area contributed by atoms with E-state index in [1.54, 1.807) is 0 Å². The molecule has 1 aromatic carbocycles. The maximum atomic E-state index is 6.06. The highest BCUT2D eigenvalue weighted by Gasteiger charge is 2.17. The molecule has 1 aromatic heterocycles. The SMILES string of the molecule is CCn1nc(CC(C)(C)N)c2ccccc21. The highest BCUT2D eigenvalue weighted by atomic mass is 15.3. The minimum atomic E-state index is -0.213. The molecule has 0 unspecified atom stereocenters. The van der Waals surface area contributed by atoms with E-state index in [1.165, 1.54) is 10.9 Å². The van der Waals surface area contributed by atoms with Gasteiger partial charge in [0.1, 0.15) is 0 Å². The van der Waals surface area contributed by atoms with Gasteiger partial charge in [-0.15, -0.1) is 0 Å². The highest BCUT2D eigenvalue weighted by Crippen LogP contribution is 2.21. The molecule has 3 nitrogen and oxygen atoms in total. The summed E-state index contributed by atoms with van der Waals surface area (Å²) in [6.07, 6.45) is 0.806. The molecule has 0 spiro atoms. The summed E-state index contributed by atoms with van der Waals surface area (Å²) in [5.41, 5.74) is 8.15. The van der Waals surface area contributed by atoms with E-state index < -0.39 is 0 Å². The number of benzene rings is 1. The molecule has 0 aliphatic heterocycles. The molecule has 86 valence electrons. The van der Waals surface area contributed by atoms with Crippen molar-refractivity contribution in [3.63, 3.8) is 0 Å². The predicted octanol–water partition coefficient (Wildman–Crippen LogP) is 2.34. The summed E-state index contributed by atoms with van der Waals surface area (Å²) in [4.78, 5) is 0. The smallest absolute Gasteiger partial charge is 0.0721 e. The van der Waals surface area contributed by atoms with Crippen molar-refractivity contribution >= 4 is 10.9 Å². The van der Waals surface area contributed by atoms with Crippen LogP contribution in [0.3, 0.4) is 0 Å². The number of para-hydroxylation sites is 1. The number of hydrogen-bond donors (Lipinski definition) is 1. The summed E-state index contributed by atoms with van der Waals surface area (Å²) in [7, 11) is 0. The van der Waals surface area contributed by atoms with Crippen LogP contribution >= 0.6 is 0 Å². The number of aryl methyl sites for hydroxylation is 1. The van der Waals surface area contributed by atoms with Crippen molar-refractivity contribution in [3.05, 3.63) is 30.0 Å². The first-order valence-corrected chi connectivity index (χ1v) is 5.74. The maximum Gasteiger partial charge on any atom is 0.0721 e. The molecular weight excluding hydrogens is 198 g/mol. The summed E-state index contributed by atoms with van der Waals surface area (Å²) in [6.45, 7) is 7.07. The maximum absolute atomic E-state index is 6.06. The topological polar surface area (TPSA) is 43.8 Å². The van der Waals surface area contributed by atoms with Gasteiger partial charge in [-0.3, -0.25) is 4.68 Å². The fourth-order valence-electron chi connectivity index (χ4n) is 2.00. The van der Waals surface area contributed by atoms with Gasteiger partial charge < -0.3 is 5.73 Å². The number of hydrogen-bond acceptors (Lipinski definition) is 2. The second-order valence-electron chi connectivity index (χ2n) is 4.94. The third-order valence-corrected chi connectivity index (χ3v) is 2.66. The van der Waals surface area contributed by atoms with Crippen LogP contribution in [0.4, 0.5) is 0 Å². The number of nitrogens with two attached hydrogens (primary N) is 1. The molecule has 0 aliphatic carbocycles. The van der Waals surface area contributed by atoms with Crippen molar-refractivity contribution < 1.29 is 0 Å². The van der Waals surface area contributed by atoms with E-state index in [9.17, 15) is 0 Å². The molecule has 0 saturated heterocycles. The third-order valence-electron chi connectivity index (χ3n) is 2.66. The summed E-state index contributed by atoms with van der Waals surface area (Å²) in [5.74, 6) is 0. The normalized spacial score (nSPS) is 12.2. The average Bonchev–Trinajstić information content (AvgIpc) is 2.55. The lowest BCUT2D eigenvalue weighted by Crippen LogP contribution is -2.34. The first kappa shape index (κ1) is 11.1. The Morgan fingerprint density at radius 3 is 2.62 bits per heavy atom. The van der Waals surface area contributed by atoms with Gasteiger partial charge in [-0.1, -0.05) is 18.2 Å². The largest absolute Gasteiger partial charge is 0.325 e. The zero-order valence-corrected chi connectivity index (χ0v) is 10.2.